The molecule has 4 atom stereocenters. The van der Waals surface area contributed by atoms with Crippen LogP contribution in [0.15, 0.2) is 36.4 Å². The highest BCUT2D eigenvalue weighted by atomic mass is 19.3. The number of carboxylic acid groups (broad SMARTS) is 1. The number of carboxylic acids is 1. The fraction of sp³-hybridized carbons (Fsp3) is 0.333. The van der Waals surface area contributed by atoms with Crippen molar-refractivity contribution in [3.63, 3.8) is 0 Å². The SMILES string of the molecule is O=C(Nc1ccc(OC(F)F)cc1)[C@@H]1[C@H](C(=O)O)[C@H]2C=C[C@H]1O2. The lowest BCUT2D eigenvalue weighted by Crippen LogP contribution is -2.39. The molecule has 2 aliphatic rings. The van der Waals surface area contributed by atoms with E-state index >= 15 is 0 Å². The van der Waals surface area contributed by atoms with Gasteiger partial charge in [-0.2, -0.15) is 8.78 Å². The van der Waals surface area contributed by atoms with E-state index in [1.54, 1.807) is 12.2 Å². The first-order valence-electron chi connectivity index (χ1n) is 6.88. The number of rotatable bonds is 5. The van der Waals surface area contributed by atoms with Crippen molar-refractivity contribution in [2.24, 2.45) is 11.8 Å². The number of amides is 1. The van der Waals surface area contributed by atoms with Crippen molar-refractivity contribution < 1.29 is 33.0 Å². The molecule has 122 valence electrons. The predicted octanol–water partition coefficient (Wildman–Crippen LogP) is 1.88. The molecule has 0 spiro atoms. The normalized spacial score (nSPS) is 28.1. The average molecular weight is 325 g/mol. The first-order chi connectivity index (χ1) is 11.0. The van der Waals surface area contributed by atoms with E-state index in [1.807, 2.05) is 0 Å². The van der Waals surface area contributed by atoms with Gasteiger partial charge in [0.25, 0.3) is 0 Å². The van der Waals surface area contributed by atoms with Gasteiger partial charge in [-0.1, -0.05) is 12.2 Å². The first kappa shape index (κ1) is 15.4. The topological polar surface area (TPSA) is 84.9 Å². The van der Waals surface area contributed by atoms with Crippen LogP contribution < -0.4 is 10.1 Å². The second kappa shape index (κ2) is 5.96. The molecule has 2 aliphatic heterocycles. The quantitative estimate of drug-likeness (QED) is 0.808. The van der Waals surface area contributed by atoms with Crippen LogP contribution in [0.1, 0.15) is 0 Å². The molecule has 23 heavy (non-hydrogen) atoms. The maximum absolute atomic E-state index is 12.3. The summed E-state index contributed by atoms with van der Waals surface area (Å²) in [6.45, 7) is -2.93. The van der Waals surface area contributed by atoms with E-state index in [1.165, 1.54) is 24.3 Å². The molecule has 0 radical (unpaired) electrons. The van der Waals surface area contributed by atoms with Gasteiger partial charge in [0, 0.05) is 5.69 Å². The Kier molecular flexibility index (Phi) is 3.99. The van der Waals surface area contributed by atoms with Crippen molar-refractivity contribution in [1.82, 2.24) is 0 Å². The molecular formula is C15H13F2NO5. The number of anilines is 1. The van der Waals surface area contributed by atoms with E-state index in [-0.39, 0.29) is 5.75 Å². The summed E-state index contributed by atoms with van der Waals surface area (Å²) in [6.07, 6.45) is 2.15. The number of ether oxygens (including phenoxy) is 2. The average Bonchev–Trinajstić information content (AvgIpc) is 3.09. The number of hydrogen-bond acceptors (Lipinski definition) is 4. The van der Waals surface area contributed by atoms with Crippen molar-refractivity contribution >= 4 is 17.6 Å². The van der Waals surface area contributed by atoms with Gasteiger partial charge in [-0.25, -0.2) is 0 Å². The summed E-state index contributed by atoms with van der Waals surface area (Å²) in [5.74, 6) is -3.39. The minimum absolute atomic E-state index is 0.0346. The number of halogens is 2. The Balaban J connectivity index is 1.69. The molecule has 2 heterocycles. The Bertz CT molecular complexity index is 646. The fourth-order valence-corrected chi connectivity index (χ4v) is 2.86. The molecule has 0 aliphatic carbocycles. The molecule has 1 amide bonds. The molecule has 2 bridgehead atoms. The van der Waals surface area contributed by atoms with E-state index in [2.05, 4.69) is 10.1 Å². The molecule has 8 heteroatoms. The van der Waals surface area contributed by atoms with Crippen molar-refractivity contribution in [3.8, 4) is 5.75 Å². The number of hydrogen-bond donors (Lipinski definition) is 2. The number of carbonyl (C=O) groups is 2. The molecule has 1 aromatic carbocycles. The van der Waals surface area contributed by atoms with Gasteiger partial charge in [0.15, 0.2) is 0 Å². The molecule has 1 saturated heterocycles. The van der Waals surface area contributed by atoms with E-state index in [0.717, 1.165) is 0 Å². The Morgan fingerprint density at radius 1 is 1.13 bits per heavy atom. The van der Waals surface area contributed by atoms with Gasteiger partial charge in [-0.15, -0.1) is 0 Å². The smallest absolute Gasteiger partial charge is 0.387 e. The van der Waals surface area contributed by atoms with Gasteiger partial charge in [-0.3, -0.25) is 9.59 Å². The number of nitrogens with one attached hydrogen (secondary N) is 1. The second-order valence-electron chi connectivity index (χ2n) is 5.23. The van der Waals surface area contributed by atoms with E-state index in [0.29, 0.717) is 5.69 Å². The Morgan fingerprint density at radius 2 is 1.74 bits per heavy atom. The monoisotopic (exact) mass is 325 g/mol. The molecule has 3 rings (SSSR count). The molecule has 2 N–H and O–H groups in total. The van der Waals surface area contributed by atoms with E-state index in [9.17, 15) is 23.5 Å². The van der Waals surface area contributed by atoms with E-state index in [4.69, 9.17) is 4.74 Å². The molecule has 6 nitrogen and oxygen atoms in total. The van der Waals surface area contributed by atoms with Crippen molar-refractivity contribution in [2.75, 3.05) is 5.32 Å². The van der Waals surface area contributed by atoms with Crippen LogP contribution in [0.2, 0.25) is 0 Å². The lowest BCUT2D eigenvalue weighted by atomic mass is 9.82. The standard InChI is InChI=1S/C15H13F2NO5/c16-15(17)22-8-3-1-7(2-4-8)18-13(19)11-9-5-6-10(23-9)12(11)14(20)21/h1-6,9-12,15H,(H,18,19)(H,20,21)/t9-,10-,11+,12-/m1/s1. The fourth-order valence-electron chi connectivity index (χ4n) is 2.86. The minimum Gasteiger partial charge on any atom is -0.481 e. The molecule has 1 fully saturated rings. The highest BCUT2D eigenvalue weighted by Gasteiger charge is 2.53. The maximum atomic E-state index is 12.3. The summed E-state index contributed by atoms with van der Waals surface area (Å²) >= 11 is 0. The van der Waals surface area contributed by atoms with Gasteiger partial charge in [0.2, 0.25) is 5.91 Å². The van der Waals surface area contributed by atoms with Gasteiger partial charge in [0.1, 0.15) is 11.7 Å². The Morgan fingerprint density at radius 3 is 2.30 bits per heavy atom. The number of aliphatic carboxylic acids is 1. The van der Waals surface area contributed by atoms with Crippen molar-refractivity contribution in [1.29, 1.82) is 0 Å². The van der Waals surface area contributed by atoms with E-state index < -0.39 is 42.5 Å². The van der Waals surface area contributed by atoms with Crippen LogP contribution in [0, 0.1) is 11.8 Å². The molecular weight excluding hydrogens is 312 g/mol. The van der Waals surface area contributed by atoms with Gasteiger partial charge < -0.3 is 19.9 Å². The Labute approximate surface area is 129 Å². The van der Waals surface area contributed by atoms with Crippen LogP contribution in [0.4, 0.5) is 14.5 Å². The zero-order valence-electron chi connectivity index (χ0n) is 11.7. The van der Waals surface area contributed by atoms with Crippen LogP contribution in [0.3, 0.4) is 0 Å². The first-order valence-corrected chi connectivity index (χ1v) is 6.88. The highest BCUT2D eigenvalue weighted by molar-refractivity contribution is 5.96. The number of benzene rings is 1. The molecule has 0 unspecified atom stereocenters. The summed E-state index contributed by atoms with van der Waals surface area (Å²) in [5, 5.41) is 11.8. The lowest BCUT2D eigenvalue weighted by Gasteiger charge is -2.21. The van der Waals surface area contributed by atoms with Crippen LogP contribution >= 0.6 is 0 Å². The number of carbonyl (C=O) groups excluding carboxylic acids is 1. The zero-order valence-corrected chi connectivity index (χ0v) is 11.7. The van der Waals surface area contributed by atoms with Gasteiger partial charge in [-0.05, 0) is 24.3 Å². The van der Waals surface area contributed by atoms with Gasteiger partial charge in [0.05, 0.1) is 18.1 Å². The molecule has 1 aromatic rings. The molecule has 0 aromatic heterocycles. The third kappa shape index (κ3) is 3.02. The lowest BCUT2D eigenvalue weighted by molar-refractivity contribution is -0.145. The third-order valence-electron chi connectivity index (χ3n) is 3.83. The van der Waals surface area contributed by atoms with Crippen LogP contribution in [-0.2, 0) is 14.3 Å². The van der Waals surface area contributed by atoms with Gasteiger partial charge >= 0.3 is 12.6 Å². The zero-order chi connectivity index (χ0) is 16.6. The summed E-state index contributed by atoms with van der Waals surface area (Å²) in [6, 6.07) is 5.37. The van der Waals surface area contributed by atoms with Crippen LogP contribution in [0.5, 0.6) is 5.75 Å². The van der Waals surface area contributed by atoms with Crippen molar-refractivity contribution in [2.45, 2.75) is 18.8 Å². The maximum Gasteiger partial charge on any atom is 0.387 e. The summed E-state index contributed by atoms with van der Waals surface area (Å²) < 4.78 is 33.8. The number of alkyl halides is 2. The van der Waals surface area contributed by atoms with Crippen LogP contribution in [0.25, 0.3) is 0 Å². The summed E-state index contributed by atoms with van der Waals surface area (Å²) in [4.78, 5) is 23.7. The minimum atomic E-state index is -2.93. The van der Waals surface area contributed by atoms with Crippen molar-refractivity contribution in [3.05, 3.63) is 36.4 Å². The van der Waals surface area contributed by atoms with Crippen LogP contribution in [-0.4, -0.2) is 35.8 Å². The Hall–Kier alpha value is -2.48. The summed E-state index contributed by atoms with van der Waals surface area (Å²) in [7, 11) is 0. The third-order valence-corrected chi connectivity index (χ3v) is 3.83. The number of fused-ring (bicyclic) bond motifs is 2. The second-order valence-corrected chi connectivity index (χ2v) is 5.23. The predicted molar refractivity (Wildman–Crippen MR) is 74.1 cm³/mol. The summed E-state index contributed by atoms with van der Waals surface area (Å²) in [5.41, 5.74) is 0.354. The largest absolute Gasteiger partial charge is 0.481 e. The molecule has 0 saturated carbocycles. The highest BCUT2D eigenvalue weighted by Crippen LogP contribution is 2.39.